The second-order valence-corrected chi connectivity index (χ2v) is 8.68. The Bertz CT molecular complexity index is 991. The van der Waals surface area contributed by atoms with Gasteiger partial charge in [-0.1, -0.05) is 18.2 Å². The van der Waals surface area contributed by atoms with Gasteiger partial charge in [-0.05, 0) is 48.8 Å². The molecule has 6 nitrogen and oxygen atoms in total. The van der Waals surface area contributed by atoms with Gasteiger partial charge in [0.05, 0.1) is 11.3 Å². The number of aromatic nitrogens is 1. The summed E-state index contributed by atoms with van der Waals surface area (Å²) in [6.45, 7) is 2.92. The van der Waals surface area contributed by atoms with Gasteiger partial charge in [0.15, 0.2) is 0 Å². The van der Waals surface area contributed by atoms with Gasteiger partial charge in [-0.25, -0.2) is 0 Å². The van der Waals surface area contributed by atoms with Crippen molar-refractivity contribution in [3.05, 3.63) is 76.2 Å². The SMILES string of the molecule is CNCC[C@H](Oc1ccc(CN2CCN(C)c3ccncc3C2=O)cc1)c1cccs1. The molecule has 7 heteroatoms. The number of nitrogens with one attached hydrogen (secondary N) is 1. The summed E-state index contributed by atoms with van der Waals surface area (Å²) in [6, 6.07) is 14.2. The number of anilines is 1. The summed E-state index contributed by atoms with van der Waals surface area (Å²) >= 11 is 1.72. The summed E-state index contributed by atoms with van der Waals surface area (Å²) in [5.74, 6) is 0.868. The van der Waals surface area contributed by atoms with Crippen LogP contribution in [0, 0.1) is 0 Å². The molecule has 0 saturated heterocycles. The summed E-state index contributed by atoms with van der Waals surface area (Å²) in [5, 5.41) is 5.28. The maximum Gasteiger partial charge on any atom is 0.257 e. The Morgan fingerprint density at radius 1 is 1.19 bits per heavy atom. The van der Waals surface area contributed by atoms with E-state index in [1.54, 1.807) is 23.7 Å². The van der Waals surface area contributed by atoms with Crippen LogP contribution >= 0.6 is 11.3 Å². The number of pyridine rings is 1. The Labute approximate surface area is 187 Å². The Morgan fingerprint density at radius 2 is 2.03 bits per heavy atom. The molecule has 0 spiro atoms. The first kappa shape index (κ1) is 21.3. The van der Waals surface area contributed by atoms with E-state index < -0.39 is 0 Å². The van der Waals surface area contributed by atoms with E-state index in [1.165, 1.54) is 4.88 Å². The van der Waals surface area contributed by atoms with Gasteiger partial charge in [-0.2, -0.15) is 0 Å². The van der Waals surface area contributed by atoms with E-state index in [0.717, 1.165) is 36.5 Å². The van der Waals surface area contributed by atoms with Crippen LogP contribution in [-0.2, 0) is 6.54 Å². The van der Waals surface area contributed by atoms with Crippen LogP contribution in [0.1, 0.15) is 33.3 Å². The fourth-order valence-corrected chi connectivity index (χ4v) is 4.56. The van der Waals surface area contributed by atoms with Crippen LogP contribution in [0.2, 0.25) is 0 Å². The van der Waals surface area contributed by atoms with Gasteiger partial charge in [0, 0.05) is 50.4 Å². The number of benzene rings is 1. The van der Waals surface area contributed by atoms with Crippen molar-refractivity contribution in [2.75, 3.05) is 38.6 Å². The molecule has 1 N–H and O–H groups in total. The molecule has 4 rings (SSSR count). The van der Waals surface area contributed by atoms with Gasteiger partial charge in [-0.3, -0.25) is 9.78 Å². The van der Waals surface area contributed by atoms with E-state index in [4.69, 9.17) is 4.74 Å². The number of hydrogen-bond donors (Lipinski definition) is 1. The Balaban J connectivity index is 1.44. The molecule has 1 aliphatic rings. The molecule has 0 aliphatic carbocycles. The highest BCUT2D eigenvalue weighted by atomic mass is 32.1. The number of thiophene rings is 1. The monoisotopic (exact) mass is 436 g/mol. The molecule has 1 atom stereocenters. The maximum atomic E-state index is 13.1. The summed E-state index contributed by atoms with van der Waals surface area (Å²) in [6.07, 6.45) is 4.34. The third-order valence-corrected chi connectivity index (χ3v) is 6.49. The Hall–Kier alpha value is -2.90. The zero-order valence-electron chi connectivity index (χ0n) is 18.0. The molecular formula is C24H28N4O2S. The molecule has 3 heterocycles. The average molecular weight is 437 g/mol. The van der Waals surface area contributed by atoms with E-state index in [0.29, 0.717) is 18.7 Å². The minimum atomic E-state index is 0.0256. The second kappa shape index (κ2) is 9.94. The van der Waals surface area contributed by atoms with Gasteiger partial charge in [0.2, 0.25) is 0 Å². The zero-order chi connectivity index (χ0) is 21.6. The van der Waals surface area contributed by atoms with Crippen molar-refractivity contribution in [3.8, 4) is 5.75 Å². The lowest BCUT2D eigenvalue weighted by atomic mass is 10.1. The van der Waals surface area contributed by atoms with Crippen molar-refractivity contribution in [1.82, 2.24) is 15.2 Å². The third kappa shape index (κ3) is 5.06. The van der Waals surface area contributed by atoms with Crippen LogP contribution in [0.15, 0.2) is 60.2 Å². The third-order valence-electron chi connectivity index (χ3n) is 5.52. The summed E-state index contributed by atoms with van der Waals surface area (Å²) < 4.78 is 6.28. The van der Waals surface area contributed by atoms with Gasteiger partial charge in [0.25, 0.3) is 5.91 Å². The van der Waals surface area contributed by atoms with Crippen molar-refractivity contribution < 1.29 is 9.53 Å². The molecule has 0 unspecified atom stereocenters. The predicted molar refractivity (Wildman–Crippen MR) is 125 cm³/mol. The Morgan fingerprint density at radius 3 is 2.77 bits per heavy atom. The van der Waals surface area contributed by atoms with Gasteiger partial charge in [-0.15, -0.1) is 11.3 Å². The predicted octanol–water partition coefficient (Wildman–Crippen LogP) is 3.96. The number of fused-ring (bicyclic) bond motifs is 1. The normalized spacial score (nSPS) is 14.8. The van der Waals surface area contributed by atoms with E-state index >= 15 is 0 Å². The number of ether oxygens (including phenoxy) is 1. The number of carbonyl (C=O) groups excluding carboxylic acids is 1. The largest absolute Gasteiger partial charge is 0.485 e. The first-order valence-corrected chi connectivity index (χ1v) is 11.4. The van der Waals surface area contributed by atoms with Crippen LogP contribution in [-0.4, -0.2) is 49.5 Å². The van der Waals surface area contributed by atoms with Crippen LogP contribution in [0.4, 0.5) is 5.69 Å². The van der Waals surface area contributed by atoms with E-state index in [9.17, 15) is 4.79 Å². The average Bonchev–Trinajstić information content (AvgIpc) is 3.31. The van der Waals surface area contributed by atoms with Gasteiger partial charge >= 0.3 is 0 Å². The van der Waals surface area contributed by atoms with Crippen LogP contribution in [0.3, 0.4) is 0 Å². The molecule has 0 saturated carbocycles. The topological polar surface area (TPSA) is 57.7 Å². The molecule has 1 aliphatic heterocycles. The standard InChI is InChI=1S/C24H28N4O2S/c1-25-11-10-22(23-4-3-15-31-23)30-19-7-5-18(6-8-19)17-28-14-13-27(2)21-9-12-26-16-20(21)24(28)29/h3-9,12,15-16,22,25H,10-11,13-14,17H2,1-2H3/t22-/m0/s1. The first-order valence-electron chi connectivity index (χ1n) is 10.5. The highest BCUT2D eigenvalue weighted by Gasteiger charge is 2.25. The quantitative estimate of drug-likeness (QED) is 0.579. The summed E-state index contributed by atoms with van der Waals surface area (Å²) in [5.41, 5.74) is 2.68. The van der Waals surface area contributed by atoms with Crippen molar-refractivity contribution in [2.24, 2.45) is 0 Å². The van der Waals surface area contributed by atoms with Crippen LogP contribution < -0.4 is 15.0 Å². The second-order valence-electron chi connectivity index (χ2n) is 7.70. The first-order chi connectivity index (χ1) is 15.2. The number of amides is 1. The fourth-order valence-electron chi connectivity index (χ4n) is 3.77. The lowest BCUT2D eigenvalue weighted by Gasteiger charge is -2.22. The van der Waals surface area contributed by atoms with Crippen molar-refractivity contribution >= 4 is 22.9 Å². The molecule has 0 bridgehead atoms. The molecule has 0 radical (unpaired) electrons. The minimum Gasteiger partial charge on any atom is -0.485 e. The number of nitrogens with zero attached hydrogens (tertiary/aromatic N) is 3. The van der Waals surface area contributed by atoms with Crippen LogP contribution in [0.5, 0.6) is 5.75 Å². The highest BCUT2D eigenvalue weighted by molar-refractivity contribution is 7.10. The van der Waals surface area contributed by atoms with Crippen molar-refractivity contribution in [3.63, 3.8) is 0 Å². The highest BCUT2D eigenvalue weighted by Crippen LogP contribution is 2.29. The molecular weight excluding hydrogens is 408 g/mol. The molecule has 2 aromatic heterocycles. The fraction of sp³-hybridized carbons (Fsp3) is 0.333. The van der Waals surface area contributed by atoms with E-state index in [2.05, 4.69) is 32.7 Å². The van der Waals surface area contributed by atoms with Gasteiger partial charge in [0.1, 0.15) is 11.9 Å². The summed E-state index contributed by atoms with van der Waals surface area (Å²) in [4.78, 5) is 22.4. The Kier molecular flexibility index (Phi) is 6.84. The number of carbonyl (C=O) groups is 1. The van der Waals surface area contributed by atoms with Gasteiger partial charge < -0.3 is 19.9 Å². The van der Waals surface area contributed by atoms with Crippen molar-refractivity contribution in [2.45, 2.75) is 19.1 Å². The van der Waals surface area contributed by atoms with Crippen LogP contribution in [0.25, 0.3) is 0 Å². The number of likely N-dealkylation sites (N-methyl/N-ethyl adjacent to an activating group) is 1. The molecule has 3 aromatic rings. The van der Waals surface area contributed by atoms with Crippen molar-refractivity contribution in [1.29, 1.82) is 0 Å². The zero-order valence-corrected chi connectivity index (χ0v) is 18.8. The molecule has 1 amide bonds. The van der Waals surface area contributed by atoms with E-state index in [1.807, 2.05) is 49.3 Å². The number of hydrogen-bond acceptors (Lipinski definition) is 6. The lowest BCUT2D eigenvalue weighted by molar-refractivity contribution is 0.0754. The smallest absolute Gasteiger partial charge is 0.257 e. The molecule has 1 aromatic carbocycles. The molecule has 31 heavy (non-hydrogen) atoms. The van der Waals surface area contributed by atoms with E-state index in [-0.39, 0.29) is 12.0 Å². The molecule has 0 fully saturated rings. The number of rotatable bonds is 8. The lowest BCUT2D eigenvalue weighted by Crippen LogP contribution is -2.33. The maximum absolute atomic E-state index is 13.1. The minimum absolute atomic E-state index is 0.0256. The molecule has 162 valence electrons. The summed E-state index contributed by atoms with van der Waals surface area (Å²) in [7, 11) is 3.97.